The Kier molecular flexibility index (Phi) is 5.29. The number of alkyl halides is 3. The van der Waals surface area contributed by atoms with Gasteiger partial charge in [0.2, 0.25) is 0 Å². The van der Waals surface area contributed by atoms with Crippen molar-refractivity contribution in [3.63, 3.8) is 0 Å². The molecule has 0 saturated carbocycles. The van der Waals surface area contributed by atoms with Crippen LogP contribution in [0.15, 0.2) is 16.6 Å². The molecule has 0 bridgehead atoms. The van der Waals surface area contributed by atoms with Crippen LogP contribution in [0, 0.1) is 0 Å². The van der Waals surface area contributed by atoms with Gasteiger partial charge < -0.3 is 14.8 Å². The summed E-state index contributed by atoms with van der Waals surface area (Å²) in [5, 5.41) is 3.05. The Balaban J connectivity index is 1.75. The van der Waals surface area contributed by atoms with E-state index < -0.39 is 12.8 Å². The van der Waals surface area contributed by atoms with Crippen LogP contribution in [0.25, 0.3) is 0 Å². The quantitative estimate of drug-likeness (QED) is 0.797. The van der Waals surface area contributed by atoms with Crippen molar-refractivity contribution in [3.8, 4) is 5.75 Å². The van der Waals surface area contributed by atoms with Crippen LogP contribution < -0.4 is 10.1 Å². The number of hydrogen-bond acceptors (Lipinski definition) is 3. The Labute approximate surface area is 123 Å². The van der Waals surface area contributed by atoms with Crippen molar-refractivity contribution in [2.24, 2.45) is 0 Å². The summed E-state index contributed by atoms with van der Waals surface area (Å²) in [7, 11) is 0. The van der Waals surface area contributed by atoms with E-state index >= 15 is 0 Å². The molecule has 1 N–H and O–H groups in total. The van der Waals surface area contributed by atoms with Gasteiger partial charge in [-0.2, -0.15) is 13.2 Å². The van der Waals surface area contributed by atoms with E-state index in [1.165, 1.54) is 0 Å². The highest BCUT2D eigenvalue weighted by Gasteiger charge is 2.27. The summed E-state index contributed by atoms with van der Waals surface area (Å²) in [6.45, 7) is 0.392. The maximum Gasteiger partial charge on any atom is 0.411 e. The predicted octanol–water partition coefficient (Wildman–Crippen LogP) is 3.05. The van der Waals surface area contributed by atoms with E-state index in [4.69, 9.17) is 4.74 Å². The second kappa shape index (κ2) is 6.78. The molecular formula is C13H15BrF3NO2. The zero-order valence-electron chi connectivity index (χ0n) is 10.7. The molecule has 1 aromatic carbocycles. The van der Waals surface area contributed by atoms with Gasteiger partial charge >= 0.3 is 6.18 Å². The summed E-state index contributed by atoms with van der Waals surface area (Å²) in [6, 6.07) is 3.98. The molecule has 7 heteroatoms. The topological polar surface area (TPSA) is 30.5 Å². The van der Waals surface area contributed by atoms with Crippen LogP contribution in [0.4, 0.5) is 13.2 Å². The highest BCUT2D eigenvalue weighted by Crippen LogP contribution is 2.32. The maximum absolute atomic E-state index is 11.9. The van der Waals surface area contributed by atoms with Crippen molar-refractivity contribution >= 4 is 15.9 Å². The van der Waals surface area contributed by atoms with Crippen molar-refractivity contribution in [1.29, 1.82) is 0 Å². The van der Waals surface area contributed by atoms with E-state index in [1.54, 1.807) is 0 Å². The molecule has 0 spiro atoms. The molecule has 3 nitrogen and oxygen atoms in total. The molecule has 1 aromatic rings. The zero-order chi connectivity index (χ0) is 14.6. The number of nitrogens with one attached hydrogen (secondary N) is 1. The lowest BCUT2D eigenvalue weighted by molar-refractivity contribution is -0.173. The lowest BCUT2D eigenvalue weighted by atomic mass is 10.1. The minimum absolute atomic E-state index is 0.0244. The van der Waals surface area contributed by atoms with Crippen molar-refractivity contribution in [1.82, 2.24) is 5.32 Å². The van der Waals surface area contributed by atoms with Gasteiger partial charge in [0, 0.05) is 29.5 Å². The number of hydrogen-bond donors (Lipinski definition) is 1. The third-order valence-corrected chi connectivity index (χ3v) is 3.29. The SMILES string of the molecule is FC(F)(F)COCCNCc1cc(Br)cc2c1OCC2. The third-order valence-electron chi connectivity index (χ3n) is 2.83. The first kappa shape index (κ1) is 15.6. The monoisotopic (exact) mass is 353 g/mol. The summed E-state index contributed by atoms with van der Waals surface area (Å²) >= 11 is 3.44. The van der Waals surface area contributed by atoms with E-state index in [0.29, 0.717) is 19.7 Å². The Bertz CT molecular complexity index is 466. The molecule has 112 valence electrons. The summed E-state index contributed by atoms with van der Waals surface area (Å²) in [5.41, 5.74) is 2.16. The average Bonchev–Trinajstić information content (AvgIpc) is 2.79. The summed E-state index contributed by atoms with van der Waals surface area (Å²) in [4.78, 5) is 0. The molecule has 1 aliphatic rings. The standard InChI is InChI=1S/C13H15BrF3NO2/c14-11-5-9-1-3-20-12(9)10(6-11)7-18-2-4-19-8-13(15,16)17/h5-6,18H,1-4,7-8H2. The van der Waals surface area contributed by atoms with Gasteiger partial charge in [-0.3, -0.25) is 0 Å². The second-order valence-electron chi connectivity index (χ2n) is 4.50. The van der Waals surface area contributed by atoms with Gasteiger partial charge in [-0.05, 0) is 17.7 Å². The highest BCUT2D eigenvalue weighted by molar-refractivity contribution is 9.10. The summed E-state index contributed by atoms with van der Waals surface area (Å²) in [6.07, 6.45) is -3.38. The Morgan fingerprint density at radius 1 is 1.35 bits per heavy atom. The van der Waals surface area contributed by atoms with Crippen LogP contribution in [0.3, 0.4) is 0 Å². The van der Waals surface area contributed by atoms with Crippen LogP contribution in [0.1, 0.15) is 11.1 Å². The maximum atomic E-state index is 11.9. The minimum atomic E-state index is -4.26. The Morgan fingerprint density at radius 2 is 2.15 bits per heavy atom. The van der Waals surface area contributed by atoms with Gasteiger partial charge in [0.1, 0.15) is 12.4 Å². The van der Waals surface area contributed by atoms with Gasteiger partial charge in [0.05, 0.1) is 13.2 Å². The molecule has 0 atom stereocenters. The second-order valence-corrected chi connectivity index (χ2v) is 5.41. The molecule has 0 aromatic heterocycles. The fourth-order valence-corrected chi connectivity index (χ4v) is 2.59. The average molecular weight is 354 g/mol. The van der Waals surface area contributed by atoms with E-state index in [9.17, 15) is 13.2 Å². The van der Waals surface area contributed by atoms with Crippen molar-refractivity contribution in [2.75, 3.05) is 26.4 Å². The van der Waals surface area contributed by atoms with Gasteiger partial charge in [0.15, 0.2) is 0 Å². The minimum Gasteiger partial charge on any atom is -0.493 e. The molecule has 0 saturated heterocycles. The lowest BCUT2D eigenvalue weighted by Gasteiger charge is -2.11. The first-order chi connectivity index (χ1) is 9.46. The first-order valence-electron chi connectivity index (χ1n) is 6.25. The largest absolute Gasteiger partial charge is 0.493 e. The number of rotatable bonds is 6. The molecule has 1 heterocycles. The van der Waals surface area contributed by atoms with Crippen LogP contribution in [-0.4, -0.2) is 32.5 Å². The Hall–Kier alpha value is -0.790. The van der Waals surface area contributed by atoms with E-state index in [1.807, 2.05) is 12.1 Å². The van der Waals surface area contributed by atoms with Crippen molar-refractivity contribution in [2.45, 2.75) is 19.1 Å². The highest BCUT2D eigenvalue weighted by atomic mass is 79.9. The molecule has 0 fully saturated rings. The zero-order valence-corrected chi connectivity index (χ0v) is 12.3. The van der Waals surface area contributed by atoms with Gasteiger partial charge in [-0.25, -0.2) is 0 Å². The number of halogens is 4. The molecule has 2 rings (SSSR count). The molecule has 1 aliphatic heterocycles. The van der Waals surface area contributed by atoms with Crippen molar-refractivity contribution in [3.05, 3.63) is 27.7 Å². The van der Waals surface area contributed by atoms with Crippen LogP contribution in [0.5, 0.6) is 5.75 Å². The first-order valence-corrected chi connectivity index (χ1v) is 7.04. The van der Waals surface area contributed by atoms with E-state index in [0.717, 1.165) is 27.8 Å². The normalized spacial score (nSPS) is 14.2. The van der Waals surface area contributed by atoms with Gasteiger partial charge in [-0.1, -0.05) is 15.9 Å². The third kappa shape index (κ3) is 4.64. The van der Waals surface area contributed by atoms with Gasteiger partial charge in [0.25, 0.3) is 0 Å². The predicted molar refractivity (Wildman–Crippen MR) is 71.9 cm³/mol. The fourth-order valence-electron chi connectivity index (χ4n) is 2.03. The van der Waals surface area contributed by atoms with E-state index in [2.05, 4.69) is 26.0 Å². The lowest BCUT2D eigenvalue weighted by Crippen LogP contribution is -2.23. The smallest absolute Gasteiger partial charge is 0.411 e. The van der Waals surface area contributed by atoms with Gasteiger partial charge in [-0.15, -0.1) is 0 Å². The van der Waals surface area contributed by atoms with E-state index in [-0.39, 0.29) is 6.61 Å². The number of fused-ring (bicyclic) bond motifs is 1. The van der Waals surface area contributed by atoms with Crippen LogP contribution in [-0.2, 0) is 17.7 Å². The van der Waals surface area contributed by atoms with Crippen LogP contribution >= 0.6 is 15.9 Å². The molecule has 0 radical (unpaired) electrons. The number of ether oxygens (including phenoxy) is 2. The number of benzene rings is 1. The molecule has 0 amide bonds. The Morgan fingerprint density at radius 3 is 2.90 bits per heavy atom. The molecule has 0 unspecified atom stereocenters. The summed E-state index contributed by atoms with van der Waals surface area (Å²) in [5.74, 6) is 0.886. The summed E-state index contributed by atoms with van der Waals surface area (Å²) < 4.78 is 46.6. The fraction of sp³-hybridized carbons (Fsp3) is 0.538. The molecule has 0 aliphatic carbocycles. The van der Waals surface area contributed by atoms with Crippen molar-refractivity contribution < 1.29 is 22.6 Å². The van der Waals surface area contributed by atoms with Crippen LogP contribution in [0.2, 0.25) is 0 Å². The molecule has 20 heavy (non-hydrogen) atoms. The molecular weight excluding hydrogens is 339 g/mol.